The van der Waals surface area contributed by atoms with E-state index < -0.39 is 5.66 Å². The van der Waals surface area contributed by atoms with Crippen LogP contribution in [0.25, 0.3) is 0 Å². The fraction of sp³-hybridized carbons (Fsp3) is 0.364. The standard InChI is InChI=1S/C22H25N3O3/c1-16-6-5-9-18-20(16)23-22(24-21(18)27)10-12-25(13-11-22)19(26)15-28-14-17-7-3-2-4-8-17/h2-9,23H,10-15H2,1H3,(H,24,27). The number of fused-ring (bicyclic) bond motifs is 1. The molecule has 0 aliphatic carbocycles. The van der Waals surface area contributed by atoms with Gasteiger partial charge >= 0.3 is 0 Å². The number of aryl methyl sites for hydroxylation is 1. The van der Waals surface area contributed by atoms with Crippen molar-refractivity contribution in [3.8, 4) is 0 Å². The summed E-state index contributed by atoms with van der Waals surface area (Å²) in [5, 5.41) is 6.65. The second kappa shape index (κ2) is 7.64. The third kappa shape index (κ3) is 3.73. The number of nitrogens with one attached hydrogen (secondary N) is 2. The maximum absolute atomic E-state index is 12.6. The first kappa shape index (κ1) is 18.5. The van der Waals surface area contributed by atoms with Crippen LogP contribution >= 0.6 is 0 Å². The molecule has 1 spiro atoms. The van der Waals surface area contributed by atoms with Crippen LogP contribution in [0.2, 0.25) is 0 Å². The number of carbonyl (C=O) groups excluding carboxylic acids is 2. The van der Waals surface area contributed by atoms with Gasteiger partial charge < -0.3 is 20.3 Å². The Morgan fingerprint density at radius 3 is 2.57 bits per heavy atom. The Hall–Kier alpha value is -2.86. The van der Waals surface area contributed by atoms with Crippen molar-refractivity contribution in [2.45, 2.75) is 32.0 Å². The van der Waals surface area contributed by atoms with Gasteiger partial charge in [-0.05, 0) is 24.1 Å². The molecule has 2 amide bonds. The predicted molar refractivity (Wildman–Crippen MR) is 107 cm³/mol. The summed E-state index contributed by atoms with van der Waals surface area (Å²) < 4.78 is 5.57. The van der Waals surface area contributed by atoms with Crippen molar-refractivity contribution >= 4 is 17.5 Å². The summed E-state index contributed by atoms with van der Waals surface area (Å²) in [7, 11) is 0. The van der Waals surface area contributed by atoms with Crippen LogP contribution in [-0.4, -0.2) is 42.1 Å². The quantitative estimate of drug-likeness (QED) is 0.857. The molecule has 0 bridgehead atoms. The minimum atomic E-state index is -0.488. The van der Waals surface area contributed by atoms with Gasteiger partial charge in [0.15, 0.2) is 0 Å². The highest BCUT2D eigenvalue weighted by Gasteiger charge is 2.41. The first-order chi connectivity index (χ1) is 13.6. The Labute approximate surface area is 164 Å². The zero-order valence-corrected chi connectivity index (χ0v) is 16.0. The molecule has 2 aromatic rings. The Balaban J connectivity index is 1.32. The number of amides is 2. The normalized spacial score (nSPS) is 17.6. The van der Waals surface area contributed by atoms with Crippen molar-refractivity contribution in [3.05, 3.63) is 65.2 Å². The summed E-state index contributed by atoms with van der Waals surface area (Å²) in [4.78, 5) is 26.8. The number of nitrogens with zero attached hydrogens (tertiary/aromatic N) is 1. The number of carbonyl (C=O) groups is 2. The number of piperidine rings is 1. The number of likely N-dealkylation sites (tertiary alicyclic amines) is 1. The fourth-order valence-corrected chi connectivity index (χ4v) is 3.89. The monoisotopic (exact) mass is 379 g/mol. The number of rotatable bonds is 4. The lowest BCUT2D eigenvalue weighted by molar-refractivity contribution is -0.138. The van der Waals surface area contributed by atoms with Crippen molar-refractivity contribution in [1.82, 2.24) is 10.2 Å². The first-order valence-corrected chi connectivity index (χ1v) is 9.66. The average Bonchev–Trinajstić information content (AvgIpc) is 2.70. The summed E-state index contributed by atoms with van der Waals surface area (Å²) in [6.07, 6.45) is 1.33. The van der Waals surface area contributed by atoms with Gasteiger partial charge in [-0.15, -0.1) is 0 Å². The average molecular weight is 379 g/mol. The second-order valence-electron chi connectivity index (χ2n) is 7.52. The lowest BCUT2D eigenvalue weighted by atomic mass is 9.91. The number of hydrogen-bond donors (Lipinski definition) is 2. The van der Waals surface area contributed by atoms with E-state index in [1.807, 2.05) is 60.4 Å². The van der Waals surface area contributed by atoms with Crippen LogP contribution in [0.4, 0.5) is 5.69 Å². The molecule has 1 saturated heterocycles. The molecule has 4 rings (SSSR count). The third-order valence-corrected chi connectivity index (χ3v) is 5.54. The Morgan fingerprint density at radius 2 is 1.82 bits per heavy atom. The van der Waals surface area contributed by atoms with Crippen molar-refractivity contribution in [2.75, 3.05) is 25.0 Å². The minimum Gasteiger partial charge on any atom is -0.367 e. The van der Waals surface area contributed by atoms with Crippen LogP contribution in [0.5, 0.6) is 0 Å². The van der Waals surface area contributed by atoms with Crippen LogP contribution in [0.15, 0.2) is 48.5 Å². The fourth-order valence-electron chi connectivity index (χ4n) is 3.89. The van der Waals surface area contributed by atoms with Crippen molar-refractivity contribution < 1.29 is 14.3 Å². The number of hydrogen-bond acceptors (Lipinski definition) is 4. The highest BCUT2D eigenvalue weighted by Crippen LogP contribution is 2.33. The molecule has 0 aromatic heterocycles. The molecule has 2 heterocycles. The zero-order chi connectivity index (χ0) is 19.6. The van der Waals surface area contributed by atoms with Crippen LogP contribution < -0.4 is 10.6 Å². The largest absolute Gasteiger partial charge is 0.367 e. The molecule has 2 aliphatic rings. The molecule has 146 valence electrons. The molecule has 1 fully saturated rings. The second-order valence-corrected chi connectivity index (χ2v) is 7.52. The number of para-hydroxylation sites is 1. The lowest BCUT2D eigenvalue weighted by Crippen LogP contribution is -2.63. The van der Waals surface area contributed by atoms with Gasteiger partial charge in [-0.25, -0.2) is 0 Å². The van der Waals surface area contributed by atoms with E-state index in [0.717, 1.165) is 16.8 Å². The van der Waals surface area contributed by atoms with E-state index in [9.17, 15) is 9.59 Å². The van der Waals surface area contributed by atoms with Crippen molar-refractivity contribution in [2.24, 2.45) is 0 Å². The molecule has 6 heteroatoms. The van der Waals surface area contributed by atoms with Crippen molar-refractivity contribution in [3.63, 3.8) is 0 Å². The molecule has 2 aliphatic heterocycles. The number of benzene rings is 2. The van der Waals surface area contributed by atoms with Gasteiger partial charge in [0, 0.05) is 25.9 Å². The molecule has 28 heavy (non-hydrogen) atoms. The van der Waals surface area contributed by atoms with Gasteiger partial charge in [-0.3, -0.25) is 9.59 Å². The molecule has 0 saturated carbocycles. The van der Waals surface area contributed by atoms with Gasteiger partial charge in [0.25, 0.3) is 5.91 Å². The topological polar surface area (TPSA) is 70.7 Å². The first-order valence-electron chi connectivity index (χ1n) is 9.66. The number of anilines is 1. The molecule has 0 atom stereocenters. The van der Waals surface area contributed by atoms with Gasteiger partial charge in [0.2, 0.25) is 5.91 Å². The maximum atomic E-state index is 12.6. The SMILES string of the molecule is Cc1cccc2c1NC1(CCN(C(=O)COCc3ccccc3)CC1)NC2=O. The summed E-state index contributed by atoms with van der Waals surface area (Å²) in [6, 6.07) is 15.5. The molecular formula is C22H25N3O3. The van der Waals surface area contributed by atoms with E-state index in [0.29, 0.717) is 38.1 Å². The van der Waals surface area contributed by atoms with Gasteiger partial charge in [-0.1, -0.05) is 42.5 Å². The van der Waals surface area contributed by atoms with E-state index in [4.69, 9.17) is 4.74 Å². The number of ether oxygens (including phenoxy) is 1. The highest BCUT2D eigenvalue weighted by molar-refractivity contribution is 6.02. The van der Waals surface area contributed by atoms with E-state index in [-0.39, 0.29) is 18.4 Å². The zero-order valence-electron chi connectivity index (χ0n) is 16.0. The molecule has 2 aromatic carbocycles. The molecule has 0 radical (unpaired) electrons. The van der Waals surface area contributed by atoms with Crippen LogP contribution in [0.3, 0.4) is 0 Å². The molecule has 2 N–H and O–H groups in total. The Kier molecular flexibility index (Phi) is 5.05. The van der Waals surface area contributed by atoms with Gasteiger partial charge in [-0.2, -0.15) is 0 Å². The third-order valence-electron chi connectivity index (χ3n) is 5.54. The van der Waals surface area contributed by atoms with Gasteiger partial charge in [0.05, 0.1) is 17.9 Å². The summed E-state index contributed by atoms with van der Waals surface area (Å²) in [5.41, 5.74) is 3.20. The summed E-state index contributed by atoms with van der Waals surface area (Å²) in [6.45, 7) is 3.67. The molecular weight excluding hydrogens is 354 g/mol. The smallest absolute Gasteiger partial charge is 0.255 e. The Morgan fingerprint density at radius 1 is 1.07 bits per heavy atom. The van der Waals surface area contributed by atoms with Crippen molar-refractivity contribution in [1.29, 1.82) is 0 Å². The van der Waals surface area contributed by atoms with Crippen LogP contribution in [0, 0.1) is 6.92 Å². The minimum absolute atomic E-state index is 0.00972. The summed E-state index contributed by atoms with van der Waals surface area (Å²) in [5.74, 6) is -0.0621. The van der Waals surface area contributed by atoms with E-state index >= 15 is 0 Å². The summed E-state index contributed by atoms with van der Waals surface area (Å²) >= 11 is 0. The van der Waals surface area contributed by atoms with E-state index in [1.54, 1.807) is 0 Å². The van der Waals surface area contributed by atoms with Gasteiger partial charge in [0.1, 0.15) is 12.3 Å². The highest BCUT2D eigenvalue weighted by atomic mass is 16.5. The van der Waals surface area contributed by atoms with Crippen LogP contribution in [0.1, 0.15) is 34.3 Å². The lowest BCUT2D eigenvalue weighted by Gasteiger charge is -2.46. The van der Waals surface area contributed by atoms with Crippen LogP contribution in [-0.2, 0) is 16.1 Å². The predicted octanol–water partition coefficient (Wildman–Crippen LogP) is 2.69. The van der Waals surface area contributed by atoms with E-state index in [1.165, 1.54) is 0 Å². The Bertz CT molecular complexity index is 874. The maximum Gasteiger partial charge on any atom is 0.255 e. The molecule has 0 unspecified atom stereocenters. The molecule has 6 nitrogen and oxygen atoms in total. The van der Waals surface area contributed by atoms with E-state index in [2.05, 4.69) is 10.6 Å².